The standard InChI is InChI=1S/C20H20N2/c1-20(2,3)19-11-17(15-6-4-8-21-13-15)10-18(12-19)16-7-5-9-22-14-16/h4-14H,1-3H3. The van der Waals surface area contributed by atoms with E-state index in [4.69, 9.17) is 0 Å². The van der Waals surface area contributed by atoms with Crippen molar-refractivity contribution in [2.24, 2.45) is 0 Å². The molecular formula is C20H20N2. The highest BCUT2D eigenvalue weighted by molar-refractivity contribution is 5.73. The minimum Gasteiger partial charge on any atom is -0.264 e. The smallest absolute Gasteiger partial charge is 0.0346 e. The molecule has 2 nitrogen and oxygen atoms in total. The van der Waals surface area contributed by atoms with Gasteiger partial charge in [0.25, 0.3) is 0 Å². The van der Waals surface area contributed by atoms with Gasteiger partial charge in [0.05, 0.1) is 0 Å². The summed E-state index contributed by atoms with van der Waals surface area (Å²) in [4.78, 5) is 8.49. The number of hydrogen-bond donors (Lipinski definition) is 0. The molecule has 0 atom stereocenters. The summed E-state index contributed by atoms with van der Waals surface area (Å²) in [5.41, 5.74) is 6.07. The van der Waals surface area contributed by atoms with E-state index >= 15 is 0 Å². The van der Waals surface area contributed by atoms with E-state index < -0.39 is 0 Å². The second-order valence-electron chi connectivity index (χ2n) is 6.53. The quantitative estimate of drug-likeness (QED) is 0.655. The van der Waals surface area contributed by atoms with Gasteiger partial charge in [-0.25, -0.2) is 0 Å². The van der Waals surface area contributed by atoms with E-state index in [2.05, 4.69) is 61.1 Å². The Labute approximate surface area is 131 Å². The van der Waals surface area contributed by atoms with E-state index in [-0.39, 0.29) is 5.41 Å². The van der Waals surface area contributed by atoms with Gasteiger partial charge < -0.3 is 0 Å². The summed E-state index contributed by atoms with van der Waals surface area (Å²) in [6.45, 7) is 6.72. The normalized spacial score (nSPS) is 11.4. The lowest BCUT2D eigenvalue weighted by atomic mass is 9.83. The fraction of sp³-hybridized carbons (Fsp3) is 0.200. The summed E-state index contributed by atoms with van der Waals surface area (Å²) in [5, 5.41) is 0. The maximum atomic E-state index is 4.24. The summed E-state index contributed by atoms with van der Waals surface area (Å²) >= 11 is 0. The van der Waals surface area contributed by atoms with E-state index in [1.54, 1.807) is 12.4 Å². The van der Waals surface area contributed by atoms with Gasteiger partial charge in [-0.3, -0.25) is 9.97 Å². The molecule has 0 bridgehead atoms. The molecule has 22 heavy (non-hydrogen) atoms. The maximum Gasteiger partial charge on any atom is 0.0346 e. The van der Waals surface area contributed by atoms with Crippen molar-refractivity contribution in [1.29, 1.82) is 0 Å². The van der Waals surface area contributed by atoms with Crippen LogP contribution in [0.4, 0.5) is 0 Å². The fourth-order valence-corrected chi connectivity index (χ4v) is 2.46. The molecule has 0 N–H and O–H groups in total. The van der Waals surface area contributed by atoms with Crippen molar-refractivity contribution in [1.82, 2.24) is 9.97 Å². The fourth-order valence-electron chi connectivity index (χ4n) is 2.46. The highest BCUT2D eigenvalue weighted by atomic mass is 14.6. The molecule has 0 spiro atoms. The molecule has 0 aliphatic rings. The summed E-state index contributed by atoms with van der Waals surface area (Å²) in [6.07, 6.45) is 7.43. The number of aromatic nitrogens is 2. The van der Waals surface area contributed by atoms with Crippen molar-refractivity contribution in [2.75, 3.05) is 0 Å². The number of nitrogens with zero attached hydrogens (tertiary/aromatic N) is 2. The summed E-state index contributed by atoms with van der Waals surface area (Å²) in [5.74, 6) is 0. The van der Waals surface area contributed by atoms with Gasteiger partial charge in [0.2, 0.25) is 0 Å². The third-order valence-corrected chi connectivity index (χ3v) is 3.79. The molecule has 0 radical (unpaired) electrons. The Balaban J connectivity index is 2.19. The van der Waals surface area contributed by atoms with Gasteiger partial charge in [0.15, 0.2) is 0 Å². The predicted octanol–water partition coefficient (Wildman–Crippen LogP) is 5.11. The van der Waals surface area contributed by atoms with Crippen LogP contribution in [0.5, 0.6) is 0 Å². The van der Waals surface area contributed by atoms with Gasteiger partial charge in [-0.15, -0.1) is 0 Å². The van der Waals surface area contributed by atoms with Gasteiger partial charge in [-0.2, -0.15) is 0 Å². The van der Waals surface area contributed by atoms with E-state index in [1.165, 1.54) is 16.7 Å². The minimum absolute atomic E-state index is 0.0924. The molecule has 3 rings (SSSR count). The molecule has 0 aliphatic carbocycles. The van der Waals surface area contributed by atoms with E-state index in [0.29, 0.717) is 0 Å². The van der Waals surface area contributed by atoms with E-state index in [0.717, 1.165) is 11.1 Å². The van der Waals surface area contributed by atoms with Crippen molar-refractivity contribution in [3.05, 3.63) is 72.8 Å². The van der Waals surface area contributed by atoms with Gasteiger partial charge in [0, 0.05) is 35.9 Å². The first-order valence-electron chi connectivity index (χ1n) is 7.50. The van der Waals surface area contributed by atoms with E-state index in [9.17, 15) is 0 Å². The Hall–Kier alpha value is -2.48. The third kappa shape index (κ3) is 3.06. The van der Waals surface area contributed by atoms with Crippen molar-refractivity contribution in [3.8, 4) is 22.3 Å². The number of benzene rings is 1. The molecule has 2 aromatic heterocycles. The van der Waals surface area contributed by atoms with Crippen LogP contribution >= 0.6 is 0 Å². The molecular weight excluding hydrogens is 268 g/mol. The lowest BCUT2D eigenvalue weighted by Gasteiger charge is -2.21. The Kier molecular flexibility index (Phi) is 3.76. The van der Waals surface area contributed by atoms with Gasteiger partial charge >= 0.3 is 0 Å². The minimum atomic E-state index is 0.0924. The Morgan fingerprint density at radius 2 is 1.18 bits per heavy atom. The molecule has 3 aromatic rings. The van der Waals surface area contributed by atoms with Crippen LogP contribution in [0.15, 0.2) is 67.3 Å². The molecule has 2 heteroatoms. The molecule has 0 unspecified atom stereocenters. The predicted molar refractivity (Wildman–Crippen MR) is 91.6 cm³/mol. The topological polar surface area (TPSA) is 25.8 Å². The van der Waals surface area contributed by atoms with Gasteiger partial charge in [-0.1, -0.05) is 45.0 Å². The zero-order valence-electron chi connectivity index (χ0n) is 13.2. The monoisotopic (exact) mass is 288 g/mol. The van der Waals surface area contributed by atoms with Crippen LogP contribution in [-0.2, 0) is 5.41 Å². The van der Waals surface area contributed by atoms with Gasteiger partial charge in [0.1, 0.15) is 0 Å². The Morgan fingerprint density at radius 3 is 1.55 bits per heavy atom. The van der Waals surface area contributed by atoms with Crippen molar-refractivity contribution in [3.63, 3.8) is 0 Å². The second-order valence-corrected chi connectivity index (χ2v) is 6.53. The van der Waals surface area contributed by atoms with Crippen LogP contribution in [0.1, 0.15) is 26.3 Å². The average molecular weight is 288 g/mol. The third-order valence-electron chi connectivity index (χ3n) is 3.79. The first-order chi connectivity index (χ1) is 10.5. The van der Waals surface area contributed by atoms with Crippen LogP contribution in [0.3, 0.4) is 0 Å². The molecule has 0 saturated carbocycles. The molecule has 0 amide bonds. The zero-order valence-corrected chi connectivity index (χ0v) is 13.2. The second kappa shape index (κ2) is 5.72. The lowest BCUT2D eigenvalue weighted by molar-refractivity contribution is 0.590. The van der Waals surface area contributed by atoms with E-state index in [1.807, 2.05) is 24.5 Å². The van der Waals surface area contributed by atoms with Crippen molar-refractivity contribution in [2.45, 2.75) is 26.2 Å². The maximum absolute atomic E-state index is 4.24. The number of rotatable bonds is 2. The highest BCUT2D eigenvalue weighted by Gasteiger charge is 2.16. The largest absolute Gasteiger partial charge is 0.264 e. The molecule has 2 heterocycles. The molecule has 0 aliphatic heterocycles. The van der Waals surface area contributed by atoms with Crippen LogP contribution in [-0.4, -0.2) is 9.97 Å². The SMILES string of the molecule is CC(C)(C)c1cc(-c2cccnc2)cc(-c2cccnc2)c1. The lowest BCUT2D eigenvalue weighted by Crippen LogP contribution is -2.11. The summed E-state index contributed by atoms with van der Waals surface area (Å²) in [6, 6.07) is 14.9. The molecule has 110 valence electrons. The molecule has 0 fully saturated rings. The van der Waals surface area contributed by atoms with Gasteiger partial charge in [-0.05, 0) is 40.3 Å². The number of hydrogen-bond acceptors (Lipinski definition) is 2. The Morgan fingerprint density at radius 1 is 0.682 bits per heavy atom. The highest BCUT2D eigenvalue weighted by Crippen LogP contribution is 2.32. The Bertz CT molecular complexity index is 699. The average Bonchev–Trinajstić information content (AvgIpc) is 2.55. The van der Waals surface area contributed by atoms with Crippen LogP contribution in [0.25, 0.3) is 22.3 Å². The zero-order chi connectivity index (χ0) is 15.6. The van der Waals surface area contributed by atoms with Crippen molar-refractivity contribution < 1.29 is 0 Å². The first-order valence-corrected chi connectivity index (χ1v) is 7.50. The molecule has 0 saturated heterocycles. The number of pyridine rings is 2. The first kappa shape index (κ1) is 14.5. The van der Waals surface area contributed by atoms with Crippen LogP contribution in [0, 0.1) is 0 Å². The summed E-state index contributed by atoms with van der Waals surface area (Å²) < 4.78 is 0. The molecule has 1 aromatic carbocycles. The van der Waals surface area contributed by atoms with Crippen molar-refractivity contribution >= 4 is 0 Å². The van der Waals surface area contributed by atoms with Crippen LogP contribution < -0.4 is 0 Å². The summed E-state index contributed by atoms with van der Waals surface area (Å²) in [7, 11) is 0. The van der Waals surface area contributed by atoms with Crippen LogP contribution in [0.2, 0.25) is 0 Å².